The van der Waals surface area contributed by atoms with Crippen molar-refractivity contribution in [3.63, 3.8) is 0 Å². The molecule has 0 radical (unpaired) electrons. The number of carbonyl (C=O) groups excluding carboxylic acids is 2. The van der Waals surface area contributed by atoms with Crippen molar-refractivity contribution in [1.29, 1.82) is 0 Å². The fourth-order valence-corrected chi connectivity index (χ4v) is 3.64. The summed E-state index contributed by atoms with van der Waals surface area (Å²) in [4.78, 5) is 24.8. The molecule has 1 aliphatic rings. The SMILES string of the molecule is COc1cccc(OC)c1C(=O)OCC(=O)NC(C)c1ccc2c(c1)CCCC2. The summed E-state index contributed by atoms with van der Waals surface area (Å²) in [5.41, 5.74) is 3.98. The highest BCUT2D eigenvalue weighted by molar-refractivity contribution is 5.96. The standard InChI is InChI=1S/C23H27NO5/c1-15(17-12-11-16-7-4-5-8-18(16)13-17)24-21(25)14-29-23(26)22-19(27-2)9-6-10-20(22)28-3/h6,9-13,15H,4-5,7-8,14H2,1-3H3,(H,24,25). The molecule has 0 fully saturated rings. The minimum Gasteiger partial charge on any atom is -0.496 e. The maximum atomic E-state index is 12.5. The molecule has 0 aliphatic heterocycles. The van der Waals surface area contributed by atoms with Gasteiger partial charge in [-0.25, -0.2) is 4.79 Å². The van der Waals surface area contributed by atoms with Gasteiger partial charge in [-0.1, -0.05) is 24.3 Å². The van der Waals surface area contributed by atoms with Crippen molar-refractivity contribution in [3.8, 4) is 11.5 Å². The fourth-order valence-electron chi connectivity index (χ4n) is 3.64. The summed E-state index contributed by atoms with van der Waals surface area (Å²) in [6.07, 6.45) is 4.65. The van der Waals surface area contributed by atoms with Crippen molar-refractivity contribution < 1.29 is 23.8 Å². The Morgan fingerprint density at radius 2 is 1.66 bits per heavy atom. The molecule has 6 heteroatoms. The van der Waals surface area contributed by atoms with Crippen molar-refractivity contribution in [1.82, 2.24) is 5.32 Å². The Bertz CT molecular complexity index is 871. The molecule has 3 rings (SSSR count). The lowest BCUT2D eigenvalue weighted by molar-refractivity contribution is -0.124. The molecule has 0 heterocycles. The zero-order valence-electron chi connectivity index (χ0n) is 17.1. The van der Waals surface area contributed by atoms with Crippen LogP contribution in [-0.4, -0.2) is 32.7 Å². The first-order valence-corrected chi connectivity index (χ1v) is 9.82. The summed E-state index contributed by atoms with van der Waals surface area (Å²) < 4.78 is 15.6. The summed E-state index contributed by atoms with van der Waals surface area (Å²) in [5, 5.41) is 2.89. The van der Waals surface area contributed by atoms with Crippen LogP contribution in [0, 0.1) is 0 Å². The van der Waals surface area contributed by atoms with Crippen molar-refractivity contribution in [2.24, 2.45) is 0 Å². The molecular formula is C23H27NO5. The first-order chi connectivity index (χ1) is 14.0. The number of fused-ring (bicyclic) bond motifs is 1. The van der Waals surface area contributed by atoms with Gasteiger partial charge >= 0.3 is 5.97 Å². The Kier molecular flexibility index (Phi) is 6.75. The van der Waals surface area contributed by atoms with Gasteiger partial charge in [0.15, 0.2) is 6.61 Å². The molecule has 1 aliphatic carbocycles. The van der Waals surface area contributed by atoms with Crippen LogP contribution in [0.2, 0.25) is 0 Å². The van der Waals surface area contributed by atoms with Crippen LogP contribution in [0.4, 0.5) is 0 Å². The van der Waals surface area contributed by atoms with Crippen molar-refractivity contribution >= 4 is 11.9 Å². The zero-order chi connectivity index (χ0) is 20.8. The van der Waals surface area contributed by atoms with E-state index < -0.39 is 5.97 Å². The number of hydrogen-bond acceptors (Lipinski definition) is 5. The zero-order valence-corrected chi connectivity index (χ0v) is 17.1. The van der Waals surface area contributed by atoms with E-state index in [1.54, 1.807) is 18.2 Å². The Hall–Kier alpha value is -3.02. The van der Waals surface area contributed by atoms with Gasteiger partial charge in [-0.2, -0.15) is 0 Å². The van der Waals surface area contributed by atoms with Crippen molar-refractivity contribution in [2.75, 3.05) is 20.8 Å². The minimum absolute atomic E-state index is 0.160. The second-order valence-corrected chi connectivity index (χ2v) is 7.14. The van der Waals surface area contributed by atoms with Crippen LogP contribution >= 0.6 is 0 Å². The normalized spacial score (nSPS) is 13.8. The van der Waals surface area contributed by atoms with Gasteiger partial charge in [0.05, 0.1) is 20.3 Å². The number of aryl methyl sites for hydroxylation is 2. The summed E-state index contributed by atoms with van der Waals surface area (Å²) in [6, 6.07) is 11.2. The maximum Gasteiger partial charge on any atom is 0.346 e. The van der Waals surface area contributed by atoms with Gasteiger partial charge in [0.25, 0.3) is 5.91 Å². The summed E-state index contributed by atoms with van der Waals surface area (Å²) in [6.45, 7) is 1.54. The molecule has 1 N–H and O–H groups in total. The molecule has 2 aromatic rings. The molecule has 1 unspecified atom stereocenters. The Balaban J connectivity index is 1.59. The maximum absolute atomic E-state index is 12.5. The number of hydrogen-bond donors (Lipinski definition) is 1. The van der Waals surface area contributed by atoms with E-state index in [2.05, 4.69) is 23.5 Å². The van der Waals surface area contributed by atoms with Gasteiger partial charge in [-0.3, -0.25) is 4.79 Å². The number of methoxy groups -OCH3 is 2. The lowest BCUT2D eigenvalue weighted by Crippen LogP contribution is -2.31. The topological polar surface area (TPSA) is 73.9 Å². The average molecular weight is 397 g/mol. The molecular weight excluding hydrogens is 370 g/mol. The van der Waals surface area contributed by atoms with E-state index in [0.29, 0.717) is 11.5 Å². The van der Waals surface area contributed by atoms with E-state index in [1.807, 2.05) is 6.92 Å². The molecule has 0 saturated heterocycles. The second-order valence-electron chi connectivity index (χ2n) is 7.14. The van der Waals surface area contributed by atoms with Crippen LogP contribution in [0.3, 0.4) is 0 Å². The molecule has 6 nitrogen and oxygen atoms in total. The van der Waals surface area contributed by atoms with E-state index in [0.717, 1.165) is 18.4 Å². The predicted molar refractivity (Wildman–Crippen MR) is 109 cm³/mol. The van der Waals surface area contributed by atoms with Crippen LogP contribution in [0.15, 0.2) is 36.4 Å². The third-order valence-electron chi connectivity index (χ3n) is 5.22. The highest BCUT2D eigenvalue weighted by Gasteiger charge is 2.21. The summed E-state index contributed by atoms with van der Waals surface area (Å²) >= 11 is 0. The molecule has 0 spiro atoms. The summed E-state index contributed by atoms with van der Waals surface area (Å²) in [7, 11) is 2.91. The number of rotatable bonds is 7. The van der Waals surface area contributed by atoms with Gasteiger partial charge in [-0.15, -0.1) is 0 Å². The van der Waals surface area contributed by atoms with Crippen LogP contribution in [0.25, 0.3) is 0 Å². The van der Waals surface area contributed by atoms with E-state index in [-0.39, 0.29) is 24.1 Å². The number of benzene rings is 2. The van der Waals surface area contributed by atoms with Crippen LogP contribution in [0.5, 0.6) is 11.5 Å². The number of carbonyl (C=O) groups is 2. The highest BCUT2D eigenvalue weighted by atomic mass is 16.5. The molecule has 154 valence electrons. The molecule has 0 bridgehead atoms. The predicted octanol–water partition coefficient (Wildman–Crippen LogP) is 3.62. The third-order valence-corrected chi connectivity index (χ3v) is 5.22. The van der Waals surface area contributed by atoms with E-state index in [1.165, 1.54) is 38.2 Å². The van der Waals surface area contributed by atoms with Crippen molar-refractivity contribution in [3.05, 3.63) is 58.7 Å². The number of amides is 1. The smallest absolute Gasteiger partial charge is 0.346 e. The van der Waals surface area contributed by atoms with E-state index >= 15 is 0 Å². The van der Waals surface area contributed by atoms with E-state index in [9.17, 15) is 9.59 Å². The molecule has 2 aromatic carbocycles. The average Bonchev–Trinajstić information content (AvgIpc) is 2.76. The van der Waals surface area contributed by atoms with Gasteiger partial charge < -0.3 is 19.5 Å². The quantitative estimate of drug-likeness (QED) is 0.723. The Morgan fingerprint density at radius 1 is 1.00 bits per heavy atom. The first-order valence-electron chi connectivity index (χ1n) is 9.82. The monoisotopic (exact) mass is 397 g/mol. The molecule has 0 saturated carbocycles. The van der Waals surface area contributed by atoms with Crippen LogP contribution < -0.4 is 14.8 Å². The van der Waals surface area contributed by atoms with Gasteiger partial charge in [-0.05, 0) is 61.4 Å². The lowest BCUT2D eigenvalue weighted by atomic mass is 9.89. The third kappa shape index (κ3) is 4.88. The highest BCUT2D eigenvalue weighted by Crippen LogP contribution is 2.29. The Labute approximate surface area is 171 Å². The number of esters is 1. The molecule has 29 heavy (non-hydrogen) atoms. The van der Waals surface area contributed by atoms with E-state index in [4.69, 9.17) is 14.2 Å². The number of ether oxygens (including phenoxy) is 3. The fraction of sp³-hybridized carbons (Fsp3) is 0.391. The number of nitrogens with one attached hydrogen (secondary N) is 1. The molecule has 1 atom stereocenters. The van der Waals surface area contributed by atoms with Crippen molar-refractivity contribution in [2.45, 2.75) is 38.6 Å². The van der Waals surface area contributed by atoms with Gasteiger partial charge in [0, 0.05) is 0 Å². The first kappa shape index (κ1) is 20.7. The largest absolute Gasteiger partial charge is 0.496 e. The van der Waals surface area contributed by atoms with Gasteiger partial charge in [0.2, 0.25) is 0 Å². The summed E-state index contributed by atoms with van der Waals surface area (Å²) in [5.74, 6) is -0.373. The van der Waals surface area contributed by atoms with Crippen LogP contribution in [0.1, 0.15) is 52.9 Å². The lowest BCUT2D eigenvalue weighted by Gasteiger charge is -2.20. The minimum atomic E-state index is -0.670. The van der Waals surface area contributed by atoms with Gasteiger partial charge in [0.1, 0.15) is 17.1 Å². The molecule has 1 amide bonds. The van der Waals surface area contributed by atoms with Crippen LogP contribution in [-0.2, 0) is 22.4 Å². The molecule has 0 aromatic heterocycles. The second kappa shape index (κ2) is 9.45. The Morgan fingerprint density at radius 3 is 2.31 bits per heavy atom.